The molecule has 3 heteroatoms. The Balaban J connectivity index is 2.03. The van der Waals surface area contributed by atoms with Crippen LogP contribution in [0.4, 0.5) is 0 Å². The van der Waals surface area contributed by atoms with Crippen LogP contribution in [0.25, 0.3) is 10.9 Å². The van der Waals surface area contributed by atoms with Crippen molar-refractivity contribution in [2.45, 2.75) is 12.2 Å². The van der Waals surface area contributed by atoms with E-state index < -0.39 is 12.2 Å². The number of para-hydroxylation sites is 1. The van der Waals surface area contributed by atoms with Gasteiger partial charge in [0.05, 0.1) is 5.52 Å². The first-order valence-corrected chi connectivity index (χ1v) is 6.52. The topological polar surface area (TPSA) is 53.4 Å². The molecule has 0 amide bonds. The zero-order valence-corrected chi connectivity index (χ0v) is 10.8. The molecular weight excluding hydrogens is 250 g/mol. The fourth-order valence-corrected chi connectivity index (χ4v) is 2.37. The summed E-state index contributed by atoms with van der Waals surface area (Å²) in [4.78, 5) is 4.31. The van der Waals surface area contributed by atoms with Crippen LogP contribution in [0, 0.1) is 0 Å². The highest BCUT2D eigenvalue weighted by Gasteiger charge is 2.22. The van der Waals surface area contributed by atoms with Crippen molar-refractivity contribution in [1.82, 2.24) is 4.98 Å². The van der Waals surface area contributed by atoms with Crippen LogP contribution in [0.1, 0.15) is 23.3 Å². The molecule has 2 aromatic carbocycles. The Morgan fingerprint density at radius 2 is 1.50 bits per heavy atom. The smallest absolute Gasteiger partial charge is 0.111 e. The van der Waals surface area contributed by atoms with Crippen molar-refractivity contribution in [3.8, 4) is 0 Å². The van der Waals surface area contributed by atoms with Crippen LogP contribution in [0.3, 0.4) is 0 Å². The van der Waals surface area contributed by atoms with Gasteiger partial charge in [0.25, 0.3) is 0 Å². The van der Waals surface area contributed by atoms with Crippen molar-refractivity contribution in [1.29, 1.82) is 0 Å². The average molecular weight is 265 g/mol. The van der Waals surface area contributed by atoms with Gasteiger partial charge in [-0.2, -0.15) is 0 Å². The Hall–Kier alpha value is -2.23. The zero-order chi connectivity index (χ0) is 13.9. The second kappa shape index (κ2) is 5.41. The molecule has 2 unspecified atom stereocenters. The summed E-state index contributed by atoms with van der Waals surface area (Å²) in [6.07, 6.45) is -0.284. The molecule has 20 heavy (non-hydrogen) atoms. The summed E-state index contributed by atoms with van der Waals surface area (Å²) >= 11 is 0. The molecule has 0 aliphatic heterocycles. The van der Waals surface area contributed by atoms with Gasteiger partial charge in [0.15, 0.2) is 0 Å². The van der Waals surface area contributed by atoms with Gasteiger partial charge >= 0.3 is 0 Å². The van der Waals surface area contributed by atoms with E-state index in [9.17, 15) is 10.2 Å². The number of benzene rings is 2. The van der Waals surface area contributed by atoms with E-state index in [1.165, 1.54) is 0 Å². The molecule has 1 heterocycles. The van der Waals surface area contributed by atoms with E-state index in [1.54, 1.807) is 24.4 Å². The molecule has 3 aromatic rings. The first-order valence-electron chi connectivity index (χ1n) is 6.52. The molecule has 0 bridgehead atoms. The molecule has 0 spiro atoms. The number of nitrogens with zero attached hydrogens (tertiary/aromatic N) is 1. The normalized spacial score (nSPS) is 14.1. The maximum atomic E-state index is 10.5. The second-order valence-electron chi connectivity index (χ2n) is 4.72. The van der Waals surface area contributed by atoms with Crippen molar-refractivity contribution in [2.75, 3.05) is 0 Å². The zero-order valence-electron chi connectivity index (χ0n) is 10.8. The third-order valence-corrected chi connectivity index (χ3v) is 3.42. The lowest BCUT2D eigenvalue weighted by atomic mass is 9.96. The van der Waals surface area contributed by atoms with Crippen molar-refractivity contribution in [3.05, 3.63) is 78.0 Å². The van der Waals surface area contributed by atoms with E-state index in [0.29, 0.717) is 11.1 Å². The largest absolute Gasteiger partial charge is 0.385 e. The molecule has 100 valence electrons. The molecule has 0 aliphatic carbocycles. The van der Waals surface area contributed by atoms with Crippen molar-refractivity contribution in [3.63, 3.8) is 0 Å². The fourth-order valence-electron chi connectivity index (χ4n) is 2.37. The maximum absolute atomic E-state index is 10.5. The molecule has 0 fully saturated rings. The standard InChI is InChI=1S/C17H15NO2/c19-16(13-6-2-1-3-7-13)17(20)14-10-4-8-12-9-5-11-18-15(12)14/h1-11,16-17,19-20H. The third kappa shape index (κ3) is 2.29. The van der Waals surface area contributed by atoms with Gasteiger partial charge in [-0.3, -0.25) is 4.98 Å². The molecule has 2 N–H and O–H groups in total. The first kappa shape index (κ1) is 12.8. The van der Waals surface area contributed by atoms with Gasteiger partial charge in [-0.15, -0.1) is 0 Å². The van der Waals surface area contributed by atoms with E-state index in [2.05, 4.69) is 4.98 Å². The predicted octanol–water partition coefficient (Wildman–Crippen LogP) is 3.00. The number of rotatable bonds is 3. The van der Waals surface area contributed by atoms with Crippen molar-refractivity contribution in [2.24, 2.45) is 0 Å². The summed E-state index contributed by atoms with van der Waals surface area (Å²) in [6.45, 7) is 0. The highest BCUT2D eigenvalue weighted by molar-refractivity contribution is 5.81. The molecule has 0 radical (unpaired) electrons. The SMILES string of the molecule is OC(c1ccccc1)C(O)c1cccc2cccnc12. The quantitative estimate of drug-likeness (QED) is 0.765. The Labute approximate surface area is 117 Å². The number of hydrogen-bond donors (Lipinski definition) is 2. The summed E-state index contributed by atoms with van der Waals surface area (Å²) in [6, 6.07) is 18.5. The second-order valence-corrected chi connectivity index (χ2v) is 4.72. The molecular formula is C17H15NO2. The lowest BCUT2D eigenvalue weighted by Crippen LogP contribution is -2.11. The van der Waals surface area contributed by atoms with E-state index in [-0.39, 0.29) is 0 Å². The third-order valence-electron chi connectivity index (χ3n) is 3.42. The minimum absolute atomic E-state index is 0.638. The molecule has 3 nitrogen and oxygen atoms in total. The average Bonchev–Trinajstić information content (AvgIpc) is 2.54. The first-order chi connectivity index (χ1) is 9.77. The molecule has 0 aliphatic rings. The highest BCUT2D eigenvalue weighted by Crippen LogP contribution is 2.31. The molecule has 2 atom stereocenters. The lowest BCUT2D eigenvalue weighted by molar-refractivity contribution is 0.0180. The van der Waals surface area contributed by atoms with E-state index >= 15 is 0 Å². The minimum Gasteiger partial charge on any atom is -0.385 e. The van der Waals surface area contributed by atoms with Gasteiger partial charge in [-0.1, -0.05) is 54.6 Å². The van der Waals surface area contributed by atoms with Gasteiger partial charge in [-0.25, -0.2) is 0 Å². The molecule has 0 saturated carbocycles. The summed E-state index contributed by atoms with van der Waals surface area (Å²) in [5, 5.41) is 21.7. The van der Waals surface area contributed by atoms with Crippen LogP contribution < -0.4 is 0 Å². The fraction of sp³-hybridized carbons (Fsp3) is 0.118. The Bertz CT molecular complexity index is 707. The number of fused-ring (bicyclic) bond motifs is 1. The highest BCUT2D eigenvalue weighted by atomic mass is 16.3. The molecule has 1 aromatic heterocycles. The van der Waals surface area contributed by atoms with Gasteiger partial charge < -0.3 is 10.2 Å². The minimum atomic E-state index is -1.00. The van der Waals surface area contributed by atoms with E-state index in [1.807, 2.05) is 42.5 Å². The van der Waals surface area contributed by atoms with Crippen LogP contribution in [-0.2, 0) is 0 Å². The number of hydrogen-bond acceptors (Lipinski definition) is 3. The van der Waals surface area contributed by atoms with Gasteiger partial charge in [0.2, 0.25) is 0 Å². The van der Waals surface area contributed by atoms with Gasteiger partial charge in [-0.05, 0) is 11.6 Å². The van der Waals surface area contributed by atoms with Crippen molar-refractivity contribution < 1.29 is 10.2 Å². The Morgan fingerprint density at radius 1 is 0.750 bits per heavy atom. The number of aliphatic hydroxyl groups is 2. The van der Waals surface area contributed by atoms with Crippen LogP contribution in [0.15, 0.2) is 66.9 Å². The summed E-state index contributed by atoms with van der Waals surface area (Å²) < 4.78 is 0. The number of aliphatic hydroxyl groups excluding tert-OH is 2. The Morgan fingerprint density at radius 3 is 2.30 bits per heavy atom. The van der Waals surface area contributed by atoms with Crippen LogP contribution in [-0.4, -0.2) is 15.2 Å². The van der Waals surface area contributed by atoms with Crippen LogP contribution in [0.5, 0.6) is 0 Å². The van der Waals surface area contributed by atoms with Gasteiger partial charge in [0.1, 0.15) is 12.2 Å². The van der Waals surface area contributed by atoms with E-state index in [4.69, 9.17) is 0 Å². The molecule has 3 rings (SSSR count). The van der Waals surface area contributed by atoms with Crippen LogP contribution >= 0.6 is 0 Å². The maximum Gasteiger partial charge on any atom is 0.111 e. The molecule has 0 saturated heterocycles. The number of pyridine rings is 1. The summed E-state index contributed by atoms with van der Waals surface area (Å²) in [5.74, 6) is 0. The summed E-state index contributed by atoms with van der Waals surface area (Å²) in [5.41, 5.74) is 2.05. The predicted molar refractivity (Wildman–Crippen MR) is 78.1 cm³/mol. The van der Waals surface area contributed by atoms with Gasteiger partial charge in [0, 0.05) is 17.1 Å². The summed E-state index contributed by atoms with van der Waals surface area (Å²) in [7, 11) is 0. The lowest BCUT2D eigenvalue weighted by Gasteiger charge is -2.19. The number of aromatic nitrogens is 1. The van der Waals surface area contributed by atoms with Crippen LogP contribution in [0.2, 0.25) is 0 Å². The Kier molecular flexibility index (Phi) is 3.46. The monoisotopic (exact) mass is 265 g/mol. The van der Waals surface area contributed by atoms with Crippen molar-refractivity contribution >= 4 is 10.9 Å². The van der Waals surface area contributed by atoms with E-state index in [0.717, 1.165) is 10.9 Å².